The Morgan fingerprint density at radius 2 is 1.88 bits per heavy atom. The van der Waals surface area contributed by atoms with E-state index in [1.54, 1.807) is 29.3 Å². The lowest BCUT2D eigenvalue weighted by Gasteiger charge is -2.35. The third-order valence-corrected chi connectivity index (χ3v) is 5.60. The normalized spacial score (nSPS) is 15.3. The number of piperazine rings is 1. The standard InChI is InChI=1S/C16H21N7OS/c1-11-12(2)25-16(19-11)22-6-4-21(5-7-22)14-8-13(9-24-3)20-15-17-10-18-23(14)15/h8,10H,4-7,9H2,1-3H3. The molecule has 0 saturated carbocycles. The molecule has 4 rings (SSSR count). The van der Waals surface area contributed by atoms with Gasteiger partial charge in [-0.05, 0) is 13.8 Å². The quantitative estimate of drug-likeness (QED) is 0.702. The third-order valence-electron chi connectivity index (χ3n) is 4.47. The van der Waals surface area contributed by atoms with Gasteiger partial charge >= 0.3 is 0 Å². The van der Waals surface area contributed by atoms with E-state index in [4.69, 9.17) is 4.74 Å². The molecule has 1 aliphatic rings. The Morgan fingerprint density at radius 3 is 2.56 bits per heavy atom. The molecule has 9 heteroatoms. The monoisotopic (exact) mass is 359 g/mol. The van der Waals surface area contributed by atoms with Gasteiger partial charge in [0, 0.05) is 44.2 Å². The first-order valence-electron chi connectivity index (χ1n) is 8.28. The van der Waals surface area contributed by atoms with Crippen LogP contribution in [0.1, 0.15) is 16.3 Å². The van der Waals surface area contributed by atoms with Gasteiger partial charge < -0.3 is 14.5 Å². The highest BCUT2D eigenvalue weighted by Gasteiger charge is 2.22. The minimum absolute atomic E-state index is 0.466. The summed E-state index contributed by atoms with van der Waals surface area (Å²) in [6.45, 7) is 8.35. The van der Waals surface area contributed by atoms with Crippen LogP contribution in [0.15, 0.2) is 12.4 Å². The summed E-state index contributed by atoms with van der Waals surface area (Å²) < 4.78 is 7.03. The maximum Gasteiger partial charge on any atom is 0.254 e. The van der Waals surface area contributed by atoms with E-state index in [0.717, 1.165) is 48.5 Å². The summed E-state index contributed by atoms with van der Waals surface area (Å²) in [7, 11) is 1.67. The van der Waals surface area contributed by atoms with Crippen molar-refractivity contribution >= 4 is 28.1 Å². The highest BCUT2D eigenvalue weighted by molar-refractivity contribution is 7.15. The fourth-order valence-corrected chi connectivity index (χ4v) is 3.97. The number of methoxy groups -OCH3 is 1. The van der Waals surface area contributed by atoms with Crippen molar-refractivity contribution in [2.75, 3.05) is 43.1 Å². The Balaban J connectivity index is 1.56. The average Bonchev–Trinajstić information content (AvgIpc) is 3.21. The average molecular weight is 359 g/mol. The molecule has 0 radical (unpaired) electrons. The number of hydrogen-bond donors (Lipinski definition) is 0. The van der Waals surface area contributed by atoms with E-state index in [1.807, 2.05) is 6.07 Å². The molecule has 3 aromatic rings. The molecule has 0 aliphatic carbocycles. The molecule has 4 heterocycles. The Labute approximate surface area is 150 Å². The number of thiazole rings is 1. The second kappa shape index (κ2) is 6.57. The Morgan fingerprint density at radius 1 is 1.12 bits per heavy atom. The van der Waals surface area contributed by atoms with E-state index in [0.29, 0.717) is 12.4 Å². The largest absolute Gasteiger partial charge is 0.378 e. The van der Waals surface area contributed by atoms with Crippen LogP contribution < -0.4 is 9.80 Å². The van der Waals surface area contributed by atoms with Crippen molar-refractivity contribution < 1.29 is 4.74 Å². The molecule has 8 nitrogen and oxygen atoms in total. The van der Waals surface area contributed by atoms with Crippen LogP contribution in [0, 0.1) is 13.8 Å². The fourth-order valence-electron chi connectivity index (χ4n) is 3.01. The van der Waals surface area contributed by atoms with Gasteiger partial charge in [0.25, 0.3) is 5.78 Å². The van der Waals surface area contributed by atoms with Gasteiger partial charge in [-0.15, -0.1) is 11.3 Å². The molecule has 0 unspecified atom stereocenters. The van der Waals surface area contributed by atoms with Crippen molar-refractivity contribution in [3.63, 3.8) is 0 Å². The maximum absolute atomic E-state index is 5.23. The third kappa shape index (κ3) is 3.05. The number of anilines is 2. The zero-order valence-corrected chi connectivity index (χ0v) is 15.5. The molecule has 132 valence electrons. The summed E-state index contributed by atoms with van der Waals surface area (Å²) in [6.07, 6.45) is 1.54. The molecule has 0 spiro atoms. The molecule has 0 amide bonds. The molecule has 0 aromatic carbocycles. The second-order valence-electron chi connectivity index (χ2n) is 6.12. The second-order valence-corrected chi connectivity index (χ2v) is 7.30. The molecule has 0 atom stereocenters. The van der Waals surface area contributed by atoms with Gasteiger partial charge in [-0.1, -0.05) is 0 Å². The van der Waals surface area contributed by atoms with Gasteiger partial charge in [0.05, 0.1) is 18.0 Å². The minimum atomic E-state index is 0.466. The van der Waals surface area contributed by atoms with E-state index < -0.39 is 0 Å². The van der Waals surface area contributed by atoms with Crippen LogP contribution in [0.25, 0.3) is 5.78 Å². The van der Waals surface area contributed by atoms with Gasteiger partial charge in [-0.2, -0.15) is 14.6 Å². The number of aryl methyl sites for hydroxylation is 2. The number of hydrogen-bond acceptors (Lipinski definition) is 8. The van der Waals surface area contributed by atoms with Crippen LogP contribution in [0.3, 0.4) is 0 Å². The SMILES string of the molecule is COCc1cc(N2CCN(c3nc(C)c(C)s3)CC2)n2ncnc2n1. The first-order chi connectivity index (χ1) is 12.2. The van der Waals surface area contributed by atoms with Crippen LogP contribution in [0.5, 0.6) is 0 Å². The van der Waals surface area contributed by atoms with Gasteiger partial charge in [-0.3, -0.25) is 0 Å². The molecule has 3 aromatic heterocycles. The predicted molar refractivity (Wildman–Crippen MR) is 97.5 cm³/mol. The fraction of sp³-hybridized carbons (Fsp3) is 0.500. The summed E-state index contributed by atoms with van der Waals surface area (Å²) in [4.78, 5) is 19.4. The number of ether oxygens (including phenoxy) is 1. The highest BCUT2D eigenvalue weighted by atomic mass is 32.1. The molecule has 1 fully saturated rings. The molecular weight excluding hydrogens is 338 g/mol. The molecule has 0 bridgehead atoms. The van der Waals surface area contributed by atoms with Crippen molar-refractivity contribution in [2.45, 2.75) is 20.5 Å². The Bertz CT molecular complexity index is 862. The van der Waals surface area contributed by atoms with Crippen molar-refractivity contribution in [3.8, 4) is 0 Å². The van der Waals surface area contributed by atoms with E-state index in [2.05, 4.69) is 43.7 Å². The number of rotatable bonds is 4. The minimum Gasteiger partial charge on any atom is -0.378 e. The van der Waals surface area contributed by atoms with Crippen LogP contribution in [-0.4, -0.2) is 57.9 Å². The summed E-state index contributed by atoms with van der Waals surface area (Å²) in [5, 5.41) is 5.44. The van der Waals surface area contributed by atoms with Crippen molar-refractivity contribution in [3.05, 3.63) is 28.7 Å². The van der Waals surface area contributed by atoms with Crippen LogP contribution >= 0.6 is 11.3 Å². The Kier molecular flexibility index (Phi) is 4.26. The number of fused-ring (bicyclic) bond motifs is 1. The predicted octanol–water partition coefficient (Wildman–Crippen LogP) is 1.67. The molecule has 1 aliphatic heterocycles. The van der Waals surface area contributed by atoms with Gasteiger partial charge in [-0.25, -0.2) is 9.97 Å². The first-order valence-corrected chi connectivity index (χ1v) is 9.10. The maximum atomic E-state index is 5.23. The smallest absolute Gasteiger partial charge is 0.254 e. The van der Waals surface area contributed by atoms with Crippen molar-refractivity contribution in [2.24, 2.45) is 0 Å². The molecule has 0 N–H and O–H groups in total. The summed E-state index contributed by atoms with van der Waals surface area (Å²) in [5.74, 6) is 1.62. The number of nitrogens with zero attached hydrogens (tertiary/aromatic N) is 7. The van der Waals surface area contributed by atoms with E-state index in [9.17, 15) is 0 Å². The zero-order chi connectivity index (χ0) is 17.4. The summed E-state index contributed by atoms with van der Waals surface area (Å²) >= 11 is 1.77. The van der Waals surface area contributed by atoms with Gasteiger partial charge in [0.2, 0.25) is 0 Å². The van der Waals surface area contributed by atoms with Crippen molar-refractivity contribution in [1.82, 2.24) is 24.6 Å². The van der Waals surface area contributed by atoms with Crippen molar-refractivity contribution in [1.29, 1.82) is 0 Å². The number of aromatic nitrogens is 5. The lowest BCUT2D eigenvalue weighted by molar-refractivity contribution is 0.181. The van der Waals surface area contributed by atoms with E-state index >= 15 is 0 Å². The van der Waals surface area contributed by atoms with E-state index in [1.165, 1.54) is 4.88 Å². The van der Waals surface area contributed by atoms with Gasteiger partial charge in [0.15, 0.2) is 5.13 Å². The first kappa shape index (κ1) is 16.2. The van der Waals surface area contributed by atoms with Crippen LogP contribution in [-0.2, 0) is 11.3 Å². The summed E-state index contributed by atoms with van der Waals surface area (Å²) in [5.41, 5.74) is 2.00. The highest BCUT2D eigenvalue weighted by Crippen LogP contribution is 2.27. The molecule has 1 saturated heterocycles. The van der Waals surface area contributed by atoms with Crippen LogP contribution in [0.2, 0.25) is 0 Å². The van der Waals surface area contributed by atoms with Gasteiger partial charge in [0.1, 0.15) is 12.1 Å². The summed E-state index contributed by atoms with van der Waals surface area (Å²) in [6, 6.07) is 2.04. The van der Waals surface area contributed by atoms with Crippen LogP contribution in [0.4, 0.5) is 10.9 Å². The topological polar surface area (TPSA) is 71.7 Å². The Hall–Kier alpha value is -2.26. The molecular formula is C16H21N7OS. The molecule has 25 heavy (non-hydrogen) atoms. The zero-order valence-electron chi connectivity index (χ0n) is 14.6. The lowest BCUT2D eigenvalue weighted by atomic mass is 10.3. The van der Waals surface area contributed by atoms with E-state index in [-0.39, 0.29) is 0 Å². The lowest BCUT2D eigenvalue weighted by Crippen LogP contribution is -2.47.